The zero-order valence-electron chi connectivity index (χ0n) is 12.2. The maximum atomic E-state index is 11.7. The van der Waals surface area contributed by atoms with Gasteiger partial charge in [0.25, 0.3) is 0 Å². The SMILES string of the molecule is Cc1cc(C(C)(C)C)cc(C)c1N(C)C(=O)CS. The number of thiol groups is 1. The van der Waals surface area contributed by atoms with Gasteiger partial charge in [0.15, 0.2) is 0 Å². The molecule has 1 rings (SSSR count). The highest BCUT2D eigenvalue weighted by Crippen LogP contribution is 2.31. The maximum absolute atomic E-state index is 11.7. The molecule has 2 nitrogen and oxygen atoms in total. The minimum absolute atomic E-state index is 0.0213. The molecule has 0 aliphatic carbocycles. The zero-order chi connectivity index (χ0) is 14.1. The second-order valence-electron chi connectivity index (χ2n) is 5.82. The Kier molecular flexibility index (Phi) is 4.49. The molecule has 0 atom stereocenters. The van der Waals surface area contributed by atoms with Crippen LogP contribution in [-0.4, -0.2) is 18.7 Å². The highest BCUT2D eigenvalue weighted by Gasteiger charge is 2.19. The predicted octanol–water partition coefficient (Wildman–Crippen LogP) is 3.49. The Labute approximate surface area is 116 Å². The van der Waals surface area contributed by atoms with Gasteiger partial charge >= 0.3 is 0 Å². The van der Waals surface area contributed by atoms with Gasteiger partial charge in [-0.15, -0.1) is 0 Å². The molecule has 0 saturated carbocycles. The number of carbonyl (C=O) groups is 1. The van der Waals surface area contributed by atoms with E-state index in [0.717, 1.165) is 16.8 Å². The molecule has 1 aromatic carbocycles. The molecule has 0 fully saturated rings. The molecule has 3 heteroatoms. The fourth-order valence-corrected chi connectivity index (χ4v) is 2.36. The van der Waals surface area contributed by atoms with Crippen LogP contribution >= 0.6 is 12.6 Å². The van der Waals surface area contributed by atoms with Gasteiger partial charge in [-0.1, -0.05) is 32.9 Å². The molecule has 0 aliphatic rings. The first-order valence-electron chi connectivity index (χ1n) is 6.17. The standard InChI is InChI=1S/C15H23NOS/c1-10-7-12(15(3,4)5)8-11(2)14(10)16(6)13(17)9-18/h7-8,18H,9H2,1-6H3. The third kappa shape index (κ3) is 3.08. The lowest BCUT2D eigenvalue weighted by atomic mass is 9.84. The van der Waals surface area contributed by atoms with Crippen molar-refractivity contribution in [3.8, 4) is 0 Å². The largest absolute Gasteiger partial charge is 0.314 e. The van der Waals surface area contributed by atoms with Crippen LogP contribution in [0.4, 0.5) is 5.69 Å². The van der Waals surface area contributed by atoms with Crippen LogP contribution in [0, 0.1) is 13.8 Å². The summed E-state index contributed by atoms with van der Waals surface area (Å²) in [5.41, 5.74) is 4.70. The molecule has 0 bridgehead atoms. The van der Waals surface area contributed by atoms with Gasteiger partial charge in [0, 0.05) is 12.7 Å². The van der Waals surface area contributed by atoms with Gasteiger partial charge in [-0.2, -0.15) is 12.6 Å². The predicted molar refractivity (Wildman–Crippen MR) is 81.9 cm³/mol. The Morgan fingerprint density at radius 2 is 1.67 bits per heavy atom. The van der Waals surface area contributed by atoms with Gasteiger partial charge in [0.2, 0.25) is 5.91 Å². The highest BCUT2D eigenvalue weighted by molar-refractivity contribution is 7.81. The van der Waals surface area contributed by atoms with E-state index in [9.17, 15) is 4.79 Å². The molecule has 1 aromatic rings. The quantitative estimate of drug-likeness (QED) is 0.812. The number of anilines is 1. The molecule has 0 unspecified atom stereocenters. The second-order valence-corrected chi connectivity index (χ2v) is 6.14. The van der Waals surface area contributed by atoms with Crippen LogP contribution in [0.25, 0.3) is 0 Å². The van der Waals surface area contributed by atoms with Crippen molar-refractivity contribution < 1.29 is 4.79 Å². The van der Waals surface area contributed by atoms with Crippen molar-refractivity contribution in [3.05, 3.63) is 28.8 Å². The van der Waals surface area contributed by atoms with Gasteiger partial charge in [0.05, 0.1) is 5.75 Å². The molecule has 0 spiro atoms. The molecule has 0 radical (unpaired) electrons. The van der Waals surface area contributed by atoms with Gasteiger partial charge < -0.3 is 4.90 Å². The average molecular weight is 265 g/mol. The van der Waals surface area contributed by atoms with Crippen LogP contribution in [-0.2, 0) is 10.2 Å². The number of carbonyl (C=O) groups excluding carboxylic acids is 1. The summed E-state index contributed by atoms with van der Waals surface area (Å²) in [5.74, 6) is 0.254. The summed E-state index contributed by atoms with van der Waals surface area (Å²) in [5, 5.41) is 0. The number of aryl methyl sites for hydroxylation is 2. The van der Waals surface area contributed by atoms with Crippen molar-refractivity contribution in [1.82, 2.24) is 0 Å². The maximum Gasteiger partial charge on any atom is 0.236 e. The van der Waals surface area contributed by atoms with Crippen molar-refractivity contribution in [2.75, 3.05) is 17.7 Å². The third-order valence-electron chi connectivity index (χ3n) is 3.20. The molecular formula is C15H23NOS. The molecule has 0 aliphatic heterocycles. The summed E-state index contributed by atoms with van der Waals surface area (Å²) in [6, 6.07) is 4.34. The number of nitrogens with zero attached hydrogens (tertiary/aromatic N) is 1. The monoisotopic (exact) mass is 265 g/mol. The number of benzene rings is 1. The molecule has 0 aromatic heterocycles. The minimum atomic E-state index is 0.0213. The van der Waals surface area contributed by atoms with Crippen molar-refractivity contribution in [1.29, 1.82) is 0 Å². The Morgan fingerprint density at radius 3 is 2.00 bits per heavy atom. The topological polar surface area (TPSA) is 20.3 Å². The molecule has 18 heavy (non-hydrogen) atoms. The van der Waals surface area contributed by atoms with Crippen LogP contribution in [0.5, 0.6) is 0 Å². The van der Waals surface area contributed by atoms with E-state index in [-0.39, 0.29) is 17.1 Å². The van der Waals surface area contributed by atoms with E-state index in [1.54, 1.807) is 4.90 Å². The summed E-state index contributed by atoms with van der Waals surface area (Å²) < 4.78 is 0. The Morgan fingerprint density at radius 1 is 1.22 bits per heavy atom. The molecule has 0 heterocycles. The third-order valence-corrected chi connectivity index (χ3v) is 3.47. The van der Waals surface area contributed by atoms with Gasteiger partial charge in [-0.3, -0.25) is 4.79 Å². The first-order valence-corrected chi connectivity index (χ1v) is 6.81. The summed E-state index contributed by atoms with van der Waals surface area (Å²) in [7, 11) is 1.81. The normalized spacial score (nSPS) is 11.5. The molecule has 1 amide bonds. The summed E-state index contributed by atoms with van der Waals surface area (Å²) >= 11 is 4.05. The van der Waals surface area contributed by atoms with Crippen molar-refractivity contribution in [2.45, 2.75) is 40.0 Å². The van der Waals surface area contributed by atoms with E-state index in [2.05, 4.69) is 59.4 Å². The van der Waals surface area contributed by atoms with Gasteiger partial charge in [-0.25, -0.2) is 0 Å². The Bertz CT molecular complexity index is 437. The average Bonchev–Trinajstić information content (AvgIpc) is 2.25. The van der Waals surface area contributed by atoms with Crippen molar-refractivity contribution in [3.63, 3.8) is 0 Å². The van der Waals surface area contributed by atoms with E-state index in [1.807, 2.05) is 7.05 Å². The lowest BCUT2D eigenvalue weighted by Crippen LogP contribution is -2.29. The first kappa shape index (κ1) is 15.1. The van der Waals surface area contributed by atoms with Crippen LogP contribution in [0.3, 0.4) is 0 Å². The number of rotatable bonds is 2. The smallest absolute Gasteiger partial charge is 0.236 e. The second kappa shape index (κ2) is 5.35. The van der Waals surface area contributed by atoms with E-state index in [4.69, 9.17) is 0 Å². The lowest BCUT2D eigenvalue weighted by Gasteiger charge is -2.26. The van der Waals surface area contributed by atoms with Crippen LogP contribution in [0.1, 0.15) is 37.5 Å². The summed E-state index contributed by atoms with van der Waals surface area (Å²) in [6.07, 6.45) is 0. The van der Waals surface area contributed by atoms with Crippen molar-refractivity contribution in [2.24, 2.45) is 0 Å². The van der Waals surface area contributed by atoms with E-state index in [1.165, 1.54) is 5.56 Å². The Hall–Kier alpha value is -0.960. The van der Waals surface area contributed by atoms with Crippen LogP contribution in [0.2, 0.25) is 0 Å². The van der Waals surface area contributed by atoms with E-state index < -0.39 is 0 Å². The van der Waals surface area contributed by atoms with Crippen LogP contribution < -0.4 is 4.90 Å². The fraction of sp³-hybridized carbons (Fsp3) is 0.533. The highest BCUT2D eigenvalue weighted by atomic mass is 32.1. The first-order chi connectivity index (χ1) is 8.18. The fourth-order valence-electron chi connectivity index (χ4n) is 2.15. The summed E-state index contributed by atoms with van der Waals surface area (Å²) in [6.45, 7) is 10.7. The lowest BCUT2D eigenvalue weighted by molar-refractivity contribution is -0.115. The molecule has 100 valence electrons. The number of hydrogen-bond donors (Lipinski definition) is 1. The van der Waals surface area contributed by atoms with Gasteiger partial charge in [-0.05, 0) is 36.0 Å². The number of amides is 1. The molecule has 0 saturated heterocycles. The number of hydrogen-bond acceptors (Lipinski definition) is 2. The molecule has 0 N–H and O–H groups in total. The zero-order valence-corrected chi connectivity index (χ0v) is 13.1. The van der Waals surface area contributed by atoms with E-state index >= 15 is 0 Å². The van der Waals surface area contributed by atoms with Gasteiger partial charge in [0.1, 0.15) is 0 Å². The van der Waals surface area contributed by atoms with Crippen molar-refractivity contribution >= 4 is 24.2 Å². The van der Waals surface area contributed by atoms with E-state index in [0.29, 0.717) is 0 Å². The minimum Gasteiger partial charge on any atom is -0.314 e. The Balaban J connectivity index is 3.29. The van der Waals surface area contributed by atoms with Crippen LogP contribution in [0.15, 0.2) is 12.1 Å². The molecular weight excluding hydrogens is 242 g/mol. The summed E-state index contributed by atoms with van der Waals surface area (Å²) in [4.78, 5) is 13.4.